The maximum absolute atomic E-state index is 12.2. The lowest BCUT2D eigenvalue weighted by Crippen LogP contribution is -2.48. The summed E-state index contributed by atoms with van der Waals surface area (Å²) >= 11 is 0. The summed E-state index contributed by atoms with van der Waals surface area (Å²) in [5, 5.41) is 9.10. The van der Waals surface area contributed by atoms with Gasteiger partial charge in [0.15, 0.2) is 0 Å². The standard InChI is InChI=1S/C12H19NO4/c1-2-17-9-4-3-7-13(8-9)10(14)12(5-6-12)11(15)16/h9H,2-8H2,1H3,(H,15,16)/t9-/m0/s1. The number of carboxylic acid groups (broad SMARTS) is 1. The third-order valence-electron chi connectivity index (χ3n) is 3.64. The zero-order valence-corrected chi connectivity index (χ0v) is 10.1. The molecule has 1 heterocycles. The van der Waals surface area contributed by atoms with Crippen molar-refractivity contribution in [3.8, 4) is 0 Å². The summed E-state index contributed by atoms with van der Waals surface area (Å²) in [5.41, 5.74) is -1.10. The van der Waals surface area contributed by atoms with Gasteiger partial charge in [-0.15, -0.1) is 0 Å². The van der Waals surface area contributed by atoms with E-state index in [2.05, 4.69) is 0 Å². The summed E-state index contributed by atoms with van der Waals surface area (Å²) < 4.78 is 5.52. The number of hydrogen-bond acceptors (Lipinski definition) is 3. The molecule has 1 aliphatic heterocycles. The maximum Gasteiger partial charge on any atom is 0.319 e. The maximum atomic E-state index is 12.2. The number of carbonyl (C=O) groups excluding carboxylic acids is 1. The summed E-state index contributed by atoms with van der Waals surface area (Å²) in [4.78, 5) is 24.9. The van der Waals surface area contributed by atoms with Crippen LogP contribution >= 0.6 is 0 Å². The number of ether oxygens (including phenoxy) is 1. The van der Waals surface area contributed by atoms with Gasteiger partial charge in [-0.25, -0.2) is 0 Å². The normalized spacial score (nSPS) is 26.6. The summed E-state index contributed by atoms with van der Waals surface area (Å²) in [6.07, 6.45) is 2.89. The van der Waals surface area contributed by atoms with Crippen molar-refractivity contribution >= 4 is 11.9 Å². The Morgan fingerprint density at radius 2 is 2.18 bits per heavy atom. The molecule has 0 radical (unpaired) electrons. The van der Waals surface area contributed by atoms with Crippen LogP contribution in [-0.4, -0.2) is 47.7 Å². The van der Waals surface area contributed by atoms with Crippen LogP contribution in [0.1, 0.15) is 32.6 Å². The molecule has 2 rings (SSSR count). The molecule has 0 aromatic heterocycles. The second-order valence-corrected chi connectivity index (χ2v) is 4.86. The van der Waals surface area contributed by atoms with Gasteiger partial charge in [-0.2, -0.15) is 0 Å². The molecule has 0 unspecified atom stereocenters. The van der Waals surface area contributed by atoms with Crippen LogP contribution in [-0.2, 0) is 14.3 Å². The first-order valence-electron chi connectivity index (χ1n) is 6.24. The fraction of sp³-hybridized carbons (Fsp3) is 0.833. The first-order chi connectivity index (χ1) is 8.10. The first kappa shape index (κ1) is 12.4. The number of piperidine rings is 1. The number of hydrogen-bond donors (Lipinski definition) is 1. The monoisotopic (exact) mass is 241 g/mol. The van der Waals surface area contributed by atoms with Crippen molar-refractivity contribution in [2.75, 3.05) is 19.7 Å². The minimum absolute atomic E-state index is 0.0716. The Balaban J connectivity index is 1.98. The molecule has 5 heteroatoms. The fourth-order valence-electron chi connectivity index (χ4n) is 2.44. The zero-order chi connectivity index (χ0) is 12.5. The van der Waals surface area contributed by atoms with Gasteiger partial charge in [0.05, 0.1) is 6.10 Å². The number of aliphatic carboxylic acids is 1. The highest BCUT2D eigenvalue weighted by Gasteiger charge is 2.58. The molecular formula is C12H19NO4. The van der Waals surface area contributed by atoms with Crippen molar-refractivity contribution in [2.45, 2.75) is 38.7 Å². The molecule has 2 fully saturated rings. The third kappa shape index (κ3) is 2.29. The van der Waals surface area contributed by atoms with E-state index < -0.39 is 11.4 Å². The smallest absolute Gasteiger partial charge is 0.319 e. The van der Waals surface area contributed by atoms with Gasteiger partial charge < -0.3 is 14.7 Å². The average Bonchev–Trinajstić information content (AvgIpc) is 3.10. The van der Waals surface area contributed by atoms with Crippen molar-refractivity contribution in [3.05, 3.63) is 0 Å². The fourth-order valence-corrected chi connectivity index (χ4v) is 2.44. The summed E-state index contributed by atoms with van der Waals surface area (Å²) in [7, 11) is 0. The molecule has 2 aliphatic rings. The zero-order valence-electron chi connectivity index (χ0n) is 10.1. The average molecular weight is 241 g/mol. The Bertz CT molecular complexity index is 322. The van der Waals surface area contributed by atoms with E-state index in [0.29, 0.717) is 32.5 Å². The highest BCUT2D eigenvalue weighted by molar-refractivity contribution is 6.04. The Hall–Kier alpha value is -1.10. The van der Waals surface area contributed by atoms with Crippen LogP contribution in [0.5, 0.6) is 0 Å². The second-order valence-electron chi connectivity index (χ2n) is 4.86. The molecule has 0 spiro atoms. The minimum Gasteiger partial charge on any atom is -0.480 e. The van der Waals surface area contributed by atoms with Crippen molar-refractivity contribution in [2.24, 2.45) is 5.41 Å². The van der Waals surface area contributed by atoms with Crippen molar-refractivity contribution in [1.29, 1.82) is 0 Å². The lowest BCUT2D eigenvalue weighted by molar-refractivity contribution is -0.155. The molecule has 1 N–H and O–H groups in total. The van der Waals surface area contributed by atoms with Gasteiger partial charge in [-0.1, -0.05) is 0 Å². The lowest BCUT2D eigenvalue weighted by Gasteiger charge is -2.34. The van der Waals surface area contributed by atoms with Gasteiger partial charge in [0, 0.05) is 19.7 Å². The van der Waals surface area contributed by atoms with E-state index in [1.807, 2.05) is 6.92 Å². The number of carbonyl (C=O) groups is 2. The molecule has 17 heavy (non-hydrogen) atoms. The summed E-state index contributed by atoms with van der Waals surface area (Å²) in [6.45, 7) is 3.77. The number of likely N-dealkylation sites (tertiary alicyclic amines) is 1. The Morgan fingerprint density at radius 1 is 1.47 bits per heavy atom. The topological polar surface area (TPSA) is 66.8 Å². The lowest BCUT2D eigenvalue weighted by atomic mass is 10.0. The minimum atomic E-state index is -1.10. The molecule has 1 saturated heterocycles. The molecule has 0 bridgehead atoms. The third-order valence-corrected chi connectivity index (χ3v) is 3.64. The SMILES string of the molecule is CCO[C@H]1CCCN(C(=O)C2(C(=O)O)CC2)C1. The van der Waals surface area contributed by atoms with Crippen LogP contribution in [0.25, 0.3) is 0 Å². The van der Waals surface area contributed by atoms with Crippen molar-refractivity contribution < 1.29 is 19.4 Å². The molecule has 1 amide bonds. The highest BCUT2D eigenvalue weighted by atomic mass is 16.5. The summed E-state index contributed by atoms with van der Waals surface area (Å²) in [6, 6.07) is 0. The number of amides is 1. The van der Waals surface area contributed by atoms with E-state index in [1.165, 1.54) is 0 Å². The number of carboxylic acids is 1. The predicted molar refractivity (Wildman–Crippen MR) is 60.5 cm³/mol. The van der Waals surface area contributed by atoms with Gasteiger partial charge in [0.25, 0.3) is 0 Å². The molecule has 0 aromatic carbocycles. The van der Waals surface area contributed by atoms with Crippen LogP contribution in [0.4, 0.5) is 0 Å². The largest absolute Gasteiger partial charge is 0.480 e. The van der Waals surface area contributed by atoms with Crippen LogP contribution < -0.4 is 0 Å². The van der Waals surface area contributed by atoms with E-state index in [-0.39, 0.29) is 12.0 Å². The predicted octanol–water partition coefficient (Wildman–Crippen LogP) is 0.879. The van der Waals surface area contributed by atoms with E-state index in [9.17, 15) is 9.59 Å². The van der Waals surface area contributed by atoms with E-state index in [1.54, 1.807) is 4.90 Å². The molecular weight excluding hydrogens is 222 g/mol. The van der Waals surface area contributed by atoms with E-state index >= 15 is 0 Å². The van der Waals surface area contributed by atoms with Crippen LogP contribution in [0.3, 0.4) is 0 Å². The van der Waals surface area contributed by atoms with Crippen molar-refractivity contribution in [3.63, 3.8) is 0 Å². The Kier molecular flexibility index (Phi) is 3.38. The van der Waals surface area contributed by atoms with Gasteiger partial charge >= 0.3 is 5.97 Å². The quantitative estimate of drug-likeness (QED) is 0.742. The van der Waals surface area contributed by atoms with Crippen LogP contribution in [0.15, 0.2) is 0 Å². The molecule has 0 aromatic rings. The van der Waals surface area contributed by atoms with Gasteiger partial charge in [-0.3, -0.25) is 9.59 Å². The molecule has 1 saturated carbocycles. The van der Waals surface area contributed by atoms with Gasteiger partial charge in [0.1, 0.15) is 5.41 Å². The number of nitrogens with zero attached hydrogens (tertiary/aromatic N) is 1. The molecule has 1 atom stereocenters. The van der Waals surface area contributed by atoms with Gasteiger partial charge in [0.2, 0.25) is 5.91 Å². The van der Waals surface area contributed by atoms with E-state index in [0.717, 1.165) is 12.8 Å². The second kappa shape index (κ2) is 4.64. The Labute approximate surface area is 101 Å². The number of rotatable bonds is 4. The van der Waals surface area contributed by atoms with Crippen LogP contribution in [0.2, 0.25) is 0 Å². The summed E-state index contributed by atoms with van der Waals surface area (Å²) in [5.74, 6) is -1.18. The van der Waals surface area contributed by atoms with E-state index in [4.69, 9.17) is 9.84 Å². The molecule has 96 valence electrons. The highest BCUT2D eigenvalue weighted by Crippen LogP contribution is 2.47. The van der Waals surface area contributed by atoms with Crippen LogP contribution in [0, 0.1) is 5.41 Å². The molecule has 1 aliphatic carbocycles. The Morgan fingerprint density at radius 3 is 2.71 bits per heavy atom. The molecule has 5 nitrogen and oxygen atoms in total. The van der Waals surface area contributed by atoms with Crippen molar-refractivity contribution in [1.82, 2.24) is 4.90 Å². The van der Waals surface area contributed by atoms with Gasteiger partial charge in [-0.05, 0) is 32.6 Å². The first-order valence-corrected chi connectivity index (χ1v) is 6.24.